The van der Waals surface area contributed by atoms with Crippen molar-refractivity contribution in [2.24, 2.45) is 13.0 Å². The molecule has 8 nitrogen and oxygen atoms in total. The molecule has 1 aliphatic rings. The van der Waals surface area contributed by atoms with Gasteiger partial charge in [-0.25, -0.2) is 4.79 Å². The standard InChI is InChI=1S/C20H25N5O3/c1-13-11-24(15-8-6-5-7-14(15)2)19-21-17-16(25(19)12-13)18(26)23(9-10-28-4)20(27)22(17)3/h5-8,13H,9-12H2,1-4H3/t13-/m1/s1. The van der Waals surface area contributed by atoms with Crippen molar-refractivity contribution in [1.82, 2.24) is 18.7 Å². The van der Waals surface area contributed by atoms with E-state index in [1.807, 2.05) is 16.7 Å². The maximum Gasteiger partial charge on any atom is 0.332 e. The Morgan fingerprint density at radius 1 is 1.21 bits per heavy atom. The van der Waals surface area contributed by atoms with Crippen molar-refractivity contribution in [3.05, 3.63) is 50.7 Å². The first kappa shape index (κ1) is 18.5. The topological polar surface area (TPSA) is 74.3 Å². The predicted octanol–water partition coefficient (Wildman–Crippen LogP) is 1.64. The second-order valence-corrected chi connectivity index (χ2v) is 7.49. The maximum absolute atomic E-state index is 13.2. The summed E-state index contributed by atoms with van der Waals surface area (Å²) in [6.45, 7) is 6.23. The Morgan fingerprint density at radius 2 is 1.96 bits per heavy atom. The summed E-state index contributed by atoms with van der Waals surface area (Å²) in [5.74, 6) is 1.03. The number of rotatable bonds is 4. The van der Waals surface area contributed by atoms with Gasteiger partial charge in [-0.2, -0.15) is 4.98 Å². The molecule has 0 radical (unpaired) electrons. The smallest absolute Gasteiger partial charge is 0.332 e. The van der Waals surface area contributed by atoms with Gasteiger partial charge < -0.3 is 14.2 Å². The Labute approximate surface area is 162 Å². The third-order valence-corrected chi connectivity index (χ3v) is 5.37. The highest BCUT2D eigenvalue weighted by molar-refractivity contribution is 5.77. The zero-order chi connectivity index (χ0) is 20.0. The highest BCUT2D eigenvalue weighted by Crippen LogP contribution is 2.34. The monoisotopic (exact) mass is 383 g/mol. The Balaban J connectivity index is 2.00. The van der Waals surface area contributed by atoms with E-state index in [0.717, 1.165) is 17.8 Å². The Morgan fingerprint density at radius 3 is 2.68 bits per heavy atom. The van der Waals surface area contributed by atoms with Crippen LogP contribution in [0.15, 0.2) is 33.9 Å². The van der Waals surface area contributed by atoms with Crippen molar-refractivity contribution in [3.63, 3.8) is 0 Å². The lowest BCUT2D eigenvalue weighted by Crippen LogP contribution is -2.41. The molecule has 1 aliphatic heterocycles. The van der Waals surface area contributed by atoms with Crippen molar-refractivity contribution in [1.29, 1.82) is 0 Å². The first-order chi connectivity index (χ1) is 13.4. The summed E-state index contributed by atoms with van der Waals surface area (Å²) in [5.41, 5.74) is 2.41. The van der Waals surface area contributed by atoms with Crippen LogP contribution in [0.4, 0.5) is 11.6 Å². The molecule has 0 fully saturated rings. The van der Waals surface area contributed by atoms with E-state index in [0.29, 0.717) is 36.2 Å². The van der Waals surface area contributed by atoms with E-state index in [-0.39, 0.29) is 17.8 Å². The number of benzene rings is 1. The van der Waals surface area contributed by atoms with Crippen LogP contribution in [0.5, 0.6) is 0 Å². The molecule has 2 aromatic heterocycles. The average Bonchev–Trinajstić information content (AvgIpc) is 3.06. The summed E-state index contributed by atoms with van der Waals surface area (Å²) in [7, 11) is 3.21. The molecule has 0 saturated carbocycles. The van der Waals surface area contributed by atoms with Gasteiger partial charge in [0.15, 0.2) is 11.2 Å². The number of ether oxygens (including phenoxy) is 1. The molecule has 0 spiro atoms. The molecule has 1 aromatic carbocycles. The molecular formula is C20H25N5O3. The van der Waals surface area contributed by atoms with Crippen LogP contribution >= 0.6 is 0 Å². The molecule has 0 N–H and O–H groups in total. The molecule has 3 heterocycles. The van der Waals surface area contributed by atoms with Crippen LogP contribution in [0.2, 0.25) is 0 Å². The third kappa shape index (κ3) is 2.75. The lowest BCUT2D eigenvalue weighted by atomic mass is 10.1. The van der Waals surface area contributed by atoms with Gasteiger partial charge in [-0.3, -0.25) is 13.9 Å². The molecule has 0 saturated heterocycles. The average molecular weight is 383 g/mol. The molecule has 3 aromatic rings. The lowest BCUT2D eigenvalue weighted by molar-refractivity contribution is 0.184. The summed E-state index contributed by atoms with van der Waals surface area (Å²) in [5, 5.41) is 0. The number of fused-ring (bicyclic) bond motifs is 3. The lowest BCUT2D eigenvalue weighted by Gasteiger charge is -2.33. The first-order valence-electron chi connectivity index (χ1n) is 9.46. The van der Waals surface area contributed by atoms with Gasteiger partial charge in [0, 0.05) is 32.9 Å². The van der Waals surface area contributed by atoms with E-state index in [1.165, 1.54) is 9.13 Å². The van der Waals surface area contributed by atoms with E-state index >= 15 is 0 Å². The SMILES string of the molecule is COCCn1c(=O)c2c(nc3n2C[C@H](C)CN3c2ccccc2C)n(C)c1=O. The Kier molecular flexibility index (Phi) is 4.58. The van der Waals surface area contributed by atoms with Crippen molar-refractivity contribution in [2.45, 2.75) is 26.9 Å². The van der Waals surface area contributed by atoms with E-state index in [9.17, 15) is 9.59 Å². The van der Waals surface area contributed by atoms with Crippen molar-refractivity contribution in [2.75, 3.05) is 25.2 Å². The molecule has 8 heteroatoms. The van der Waals surface area contributed by atoms with Gasteiger partial charge in [-0.1, -0.05) is 25.1 Å². The molecule has 4 rings (SSSR count). The minimum absolute atomic E-state index is 0.218. The predicted molar refractivity (Wildman–Crippen MR) is 108 cm³/mol. The molecular weight excluding hydrogens is 358 g/mol. The van der Waals surface area contributed by atoms with Gasteiger partial charge in [0.2, 0.25) is 5.95 Å². The van der Waals surface area contributed by atoms with Crippen molar-refractivity contribution in [3.8, 4) is 0 Å². The quantitative estimate of drug-likeness (QED) is 0.685. The van der Waals surface area contributed by atoms with Crippen LogP contribution < -0.4 is 16.1 Å². The second kappa shape index (κ2) is 6.94. The fraction of sp³-hybridized carbons (Fsp3) is 0.450. The molecule has 0 amide bonds. The van der Waals surface area contributed by atoms with Crippen molar-refractivity contribution >= 4 is 22.8 Å². The van der Waals surface area contributed by atoms with Crippen molar-refractivity contribution < 1.29 is 4.74 Å². The number of imidazole rings is 1. The minimum atomic E-state index is -0.375. The van der Waals surface area contributed by atoms with Gasteiger partial charge in [0.05, 0.1) is 13.2 Å². The number of methoxy groups -OCH3 is 1. The Hall–Kier alpha value is -2.87. The minimum Gasteiger partial charge on any atom is -0.383 e. The zero-order valence-corrected chi connectivity index (χ0v) is 16.7. The van der Waals surface area contributed by atoms with E-state index < -0.39 is 0 Å². The van der Waals surface area contributed by atoms with Crippen LogP contribution in [-0.4, -0.2) is 38.9 Å². The number of hydrogen-bond donors (Lipinski definition) is 0. The third-order valence-electron chi connectivity index (χ3n) is 5.37. The van der Waals surface area contributed by atoms with Gasteiger partial charge in [-0.15, -0.1) is 0 Å². The number of aromatic nitrogens is 4. The van der Waals surface area contributed by atoms with Gasteiger partial charge in [0.25, 0.3) is 5.56 Å². The first-order valence-corrected chi connectivity index (χ1v) is 9.46. The Bertz CT molecular complexity index is 1160. The molecule has 1 atom stereocenters. The molecule has 0 aliphatic carbocycles. The van der Waals surface area contributed by atoms with Gasteiger partial charge >= 0.3 is 5.69 Å². The van der Waals surface area contributed by atoms with E-state index in [4.69, 9.17) is 9.72 Å². The molecule has 0 bridgehead atoms. The summed E-state index contributed by atoms with van der Waals surface area (Å²) < 4.78 is 9.72. The molecule has 0 unspecified atom stereocenters. The number of aryl methyl sites for hydroxylation is 2. The van der Waals surface area contributed by atoms with Crippen LogP contribution in [-0.2, 0) is 24.9 Å². The molecule has 28 heavy (non-hydrogen) atoms. The highest BCUT2D eigenvalue weighted by atomic mass is 16.5. The van der Waals surface area contributed by atoms with Gasteiger partial charge in [-0.05, 0) is 24.5 Å². The number of hydrogen-bond acceptors (Lipinski definition) is 5. The second-order valence-electron chi connectivity index (χ2n) is 7.49. The summed E-state index contributed by atoms with van der Waals surface area (Å²) in [6.07, 6.45) is 0. The van der Waals surface area contributed by atoms with E-state index in [2.05, 4.69) is 30.9 Å². The number of anilines is 2. The van der Waals surface area contributed by atoms with Crippen LogP contribution in [0.3, 0.4) is 0 Å². The normalized spacial score (nSPS) is 16.6. The summed E-state index contributed by atoms with van der Waals surface area (Å²) in [4.78, 5) is 32.8. The fourth-order valence-electron chi connectivity index (χ4n) is 3.95. The largest absolute Gasteiger partial charge is 0.383 e. The summed E-state index contributed by atoms with van der Waals surface area (Å²) in [6, 6.07) is 8.14. The fourth-order valence-corrected chi connectivity index (χ4v) is 3.95. The number of nitrogens with zero attached hydrogens (tertiary/aromatic N) is 5. The van der Waals surface area contributed by atoms with E-state index in [1.54, 1.807) is 14.2 Å². The molecule has 148 valence electrons. The number of para-hydroxylation sites is 1. The van der Waals surface area contributed by atoms with Gasteiger partial charge in [0.1, 0.15) is 0 Å². The summed E-state index contributed by atoms with van der Waals surface area (Å²) >= 11 is 0. The highest BCUT2D eigenvalue weighted by Gasteiger charge is 2.30. The van der Waals surface area contributed by atoms with Crippen LogP contribution in [0, 0.1) is 12.8 Å². The van der Waals surface area contributed by atoms with Crippen LogP contribution in [0.25, 0.3) is 11.2 Å². The van der Waals surface area contributed by atoms with Crippen LogP contribution in [0.1, 0.15) is 12.5 Å². The zero-order valence-electron chi connectivity index (χ0n) is 16.7. The maximum atomic E-state index is 13.2.